The summed E-state index contributed by atoms with van der Waals surface area (Å²) in [5, 5.41) is 14.5. The minimum absolute atomic E-state index is 0.174. The maximum Gasteiger partial charge on any atom is 0.137 e. The third kappa shape index (κ3) is 2.46. The molecule has 0 radical (unpaired) electrons. The number of aliphatic hydroxyl groups is 1. The van der Waals surface area contributed by atoms with Crippen LogP contribution in [0.1, 0.15) is 38.3 Å². The molecule has 0 amide bonds. The Morgan fingerprint density at radius 2 is 1.64 bits per heavy atom. The molecule has 1 heterocycles. The van der Waals surface area contributed by atoms with E-state index in [4.69, 9.17) is 4.74 Å². The summed E-state index contributed by atoms with van der Waals surface area (Å²) in [6.07, 6.45) is 0.940. The molecular formula is C19H23NO2. The maximum atomic E-state index is 11.0. The lowest BCUT2D eigenvalue weighted by molar-refractivity contribution is -0.0824. The molecule has 3 rings (SSSR count). The summed E-state index contributed by atoms with van der Waals surface area (Å²) in [5.41, 5.74) is 1.47. The molecule has 0 saturated heterocycles. The fourth-order valence-electron chi connectivity index (χ4n) is 3.27. The lowest BCUT2D eigenvalue weighted by atomic mass is 9.80. The molecule has 2 aromatic rings. The van der Waals surface area contributed by atoms with E-state index < -0.39 is 11.7 Å². The van der Waals surface area contributed by atoms with Crippen LogP contribution in [0.4, 0.5) is 5.69 Å². The number of rotatable bonds is 4. The van der Waals surface area contributed by atoms with Crippen molar-refractivity contribution in [2.45, 2.75) is 44.4 Å². The van der Waals surface area contributed by atoms with Crippen LogP contribution in [0.5, 0.6) is 5.75 Å². The first-order valence-corrected chi connectivity index (χ1v) is 7.98. The fourth-order valence-corrected chi connectivity index (χ4v) is 3.27. The Morgan fingerprint density at radius 1 is 1.00 bits per heavy atom. The average Bonchev–Trinajstić information content (AvgIpc) is 2.58. The van der Waals surface area contributed by atoms with Gasteiger partial charge in [0.05, 0.1) is 6.04 Å². The number of nitrogens with one attached hydrogen (secondary N) is 1. The highest BCUT2D eigenvalue weighted by molar-refractivity contribution is 5.50. The Morgan fingerprint density at radius 3 is 2.32 bits per heavy atom. The second-order valence-corrected chi connectivity index (χ2v) is 5.84. The third-order valence-corrected chi connectivity index (χ3v) is 4.71. The van der Waals surface area contributed by atoms with E-state index in [9.17, 15) is 5.11 Å². The first kappa shape index (κ1) is 14.9. The molecule has 2 aromatic carbocycles. The molecule has 116 valence electrons. The van der Waals surface area contributed by atoms with Crippen LogP contribution in [0.2, 0.25) is 0 Å². The standard InChI is InChI=1S/C19H23NO2/c1-3-19(4-2)18(21)17(20-14-10-6-5-7-11-14)15-12-8-9-13-16(15)22-19/h5-13,17-18,20-21H,3-4H2,1-2H3/t17-,18+/m1/s1. The van der Waals surface area contributed by atoms with Gasteiger partial charge in [0, 0.05) is 11.3 Å². The molecule has 1 aliphatic rings. The molecule has 0 aromatic heterocycles. The molecule has 0 bridgehead atoms. The normalized spacial score (nSPS) is 22.5. The van der Waals surface area contributed by atoms with Crippen molar-refractivity contribution in [2.75, 3.05) is 5.32 Å². The molecule has 2 N–H and O–H groups in total. The summed E-state index contributed by atoms with van der Waals surface area (Å²) in [4.78, 5) is 0. The number of aliphatic hydroxyl groups excluding tert-OH is 1. The quantitative estimate of drug-likeness (QED) is 0.890. The molecule has 0 saturated carbocycles. The van der Waals surface area contributed by atoms with Crippen molar-refractivity contribution < 1.29 is 9.84 Å². The summed E-state index contributed by atoms with van der Waals surface area (Å²) in [6, 6.07) is 17.8. The van der Waals surface area contributed by atoms with Crippen LogP contribution in [0.3, 0.4) is 0 Å². The van der Waals surface area contributed by atoms with Gasteiger partial charge in [-0.05, 0) is 31.0 Å². The van der Waals surface area contributed by atoms with Crippen molar-refractivity contribution in [3.63, 3.8) is 0 Å². The van der Waals surface area contributed by atoms with Crippen molar-refractivity contribution in [3.8, 4) is 5.75 Å². The Kier molecular flexibility index (Phi) is 4.08. The maximum absolute atomic E-state index is 11.0. The van der Waals surface area contributed by atoms with E-state index in [0.29, 0.717) is 0 Å². The molecule has 2 atom stereocenters. The summed E-state index contributed by atoms with van der Waals surface area (Å²) in [6.45, 7) is 4.14. The van der Waals surface area contributed by atoms with Gasteiger partial charge < -0.3 is 15.2 Å². The molecule has 0 aliphatic carbocycles. The lowest BCUT2D eigenvalue weighted by Gasteiger charge is -2.46. The van der Waals surface area contributed by atoms with E-state index in [1.54, 1.807) is 0 Å². The summed E-state index contributed by atoms with van der Waals surface area (Å²) in [7, 11) is 0. The van der Waals surface area contributed by atoms with Gasteiger partial charge in [-0.25, -0.2) is 0 Å². The van der Waals surface area contributed by atoms with E-state index in [1.807, 2.05) is 54.6 Å². The minimum Gasteiger partial charge on any atom is -0.484 e. The lowest BCUT2D eigenvalue weighted by Crippen LogP contribution is -2.54. The fraction of sp³-hybridized carbons (Fsp3) is 0.368. The van der Waals surface area contributed by atoms with Crippen LogP contribution in [0.25, 0.3) is 0 Å². The van der Waals surface area contributed by atoms with Crippen molar-refractivity contribution >= 4 is 5.69 Å². The van der Waals surface area contributed by atoms with Crippen LogP contribution in [0.15, 0.2) is 54.6 Å². The first-order chi connectivity index (χ1) is 10.7. The molecule has 1 aliphatic heterocycles. The van der Waals surface area contributed by atoms with Gasteiger partial charge in [0.15, 0.2) is 0 Å². The van der Waals surface area contributed by atoms with Gasteiger partial charge in [-0.3, -0.25) is 0 Å². The summed E-state index contributed by atoms with van der Waals surface area (Å²) >= 11 is 0. The second-order valence-electron chi connectivity index (χ2n) is 5.84. The zero-order valence-corrected chi connectivity index (χ0v) is 13.1. The van der Waals surface area contributed by atoms with Gasteiger partial charge in [-0.2, -0.15) is 0 Å². The highest BCUT2D eigenvalue weighted by Crippen LogP contribution is 2.44. The van der Waals surface area contributed by atoms with Crippen LogP contribution in [0, 0.1) is 0 Å². The minimum atomic E-state index is -0.599. The van der Waals surface area contributed by atoms with Gasteiger partial charge in [0.25, 0.3) is 0 Å². The highest BCUT2D eigenvalue weighted by Gasteiger charge is 2.46. The SMILES string of the molecule is CCC1(CC)Oc2ccccc2[C@@H](Nc2ccccc2)[C@@H]1O. The van der Waals surface area contributed by atoms with E-state index in [0.717, 1.165) is 29.8 Å². The Hall–Kier alpha value is -2.00. The highest BCUT2D eigenvalue weighted by atomic mass is 16.5. The zero-order chi connectivity index (χ0) is 15.6. The van der Waals surface area contributed by atoms with Gasteiger partial charge in [0.1, 0.15) is 17.5 Å². The predicted molar refractivity (Wildman–Crippen MR) is 89.2 cm³/mol. The largest absolute Gasteiger partial charge is 0.484 e. The molecule has 3 heteroatoms. The third-order valence-electron chi connectivity index (χ3n) is 4.71. The van der Waals surface area contributed by atoms with Crippen LogP contribution in [-0.2, 0) is 0 Å². The summed E-state index contributed by atoms with van der Waals surface area (Å²) < 4.78 is 6.21. The number of ether oxygens (including phenoxy) is 1. The predicted octanol–water partition coefficient (Wildman–Crippen LogP) is 4.15. The Labute approximate surface area is 131 Å². The van der Waals surface area contributed by atoms with Gasteiger partial charge in [-0.1, -0.05) is 50.2 Å². The van der Waals surface area contributed by atoms with E-state index in [2.05, 4.69) is 19.2 Å². The molecule has 22 heavy (non-hydrogen) atoms. The van der Waals surface area contributed by atoms with Crippen molar-refractivity contribution in [2.24, 2.45) is 0 Å². The number of fused-ring (bicyclic) bond motifs is 1. The smallest absolute Gasteiger partial charge is 0.137 e. The molecular weight excluding hydrogens is 274 g/mol. The van der Waals surface area contributed by atoms with Crippen molar-refractivity contribution in [3.05, 3.63) is 60.2 Å². The number of anilines is 1. The molecule has 0 unspecified atom stereocenters. The van der Waals surface area contributed by atoms with Crippen LogP contribution >= 0.6 is 0 Å². The van der Waals surface area contributed by atoms with Crippen molar-refractivity contribution in [1.29, 1.82) is 0 Å². The topological polar surface area (TPSA) is 41.5 Å². The Balaban J connectivity index is 2.02. The number of benzene rings is 2. The number of hydrogen-bond acceptors (Lipinski definition) is 3. The van der Waals surface area contributed by atoms with Gasteiger partial charge in [-0.15, -0.1) is 0 Å². The number of hydrogen-bond donors (Lipinski definition) is 2. The van der Waals surface area contributed by atoms with E-state index in [1.165, 1.54) is 0 Å². The molecule has 0 fully saturated rings. The van der Waals surface area contributed by atoms with E-state index >= 15 is 0 Å². The van der Waals surface area contributed by atoms with E-state index in [-0.39, 0.29) is 6.04 Å². The first-order valence-electron chi connectivity index (χ1n) is 7.98. The monoisotopic (exact) mass is 297 g/mol. The van der Waals surface area contributed by atoms with Gasteiger partial charge >= 0.3 is 0 Å². The number of para-hydroxylation sites is 2. The van der Waals surface area contributed by atoms with Crippen LogP contribution < -0.4 is 10.1 Å². The molecule has 0 spiro atoms. The zero-order valence-electron chi connectivity index (χ0n) is 13.1. The van der Waals surface area contributed by atoms with Gasteiger partial charge in [0.2, 0.25) is 0 Å². The Bertz CT molecular complexity index is 622. The van der Waals surface area contributed by atoms with Crippen LogP contribution in [-0.4, -0.2) is 16.8 Å². The second kappa shape index (κ2) is 6.01. The average molecular weight is 297 g/mol. The molecule has 3 nitrogen and oxygen atoms in total. The van der Waals surface area contributed by atoms with Crippen molar-refractivity contribution in [1.82, 2.24) is 0 Å². The summed E-state index contributed by atoms with van der Waals surface area (Å²) in [5.74, 6) is 0.866.